The van der Waals surface area contributed by atoms with Gasteiger partial charge >= 0.3 is 0 Å². The Kier molecular flexibility index (Phi) is 4.13. The van der Waals surface area contributed by atoms with Gasteiger partial charge in [0.15, 0.2) is 0 Å². The topological polar surface area (TPSA) is 29.9 Å². The molecular formula is C16H21N3S. The maximum Gasteiger partial charge on any atom is 0.0645 e. The van der Waals surface area contributed by atoms with Crippen LogP contribution in [0.25, 0.3) is 5.69 Å². The van der Waals surface area contributed by atoms with Crippen molar-refractivity contribution < 1.29 is 0 Å². The van der Waals surface area contributed by atoms with E-state index in [0.717, 1.165) is 18.8 Å². The normalized spacial score (nSPS) is 16.9. The number of hydrogen-bond acceptors (Lipinski definition) is 3. The summed E-state index contributed by atoms with van der Waals surface area (Å²) in [6.45, 7) is 2.00. The van der Waals surface area contributed by atoms with Crippen LogP contribution in [0.5, 0.6) is 0 Å². The van der Waals surface area contributed by atoms with E-state index in [1.807, 2.05) is 40.8 Å². The van der Waals surface area contributed by atoms with Crippen molar-refractivity contribution in [2.24, 2.45) is 0 Å². The molecule has 1 aliphatic carbocycles. The quantitative estimate of drug-likeness (QED) is 0.884. The van der Waals surface area contributed by atoms with Crippen molar-refractivity contribution in [1.82, 2.24) is 15.1 Å². The van der Waals surface area contributed by atoms with Gasteiger partial charge in [0.05, 0.1) is 11.9 Å². The van der Waals surface area contributed by atoms with Gasteiger partial charge in [-0.1, -0.05) is 24.6 Å². The summed E-state index contributed by atoms with van der Waals surface area (Å²) in [5.41, 5.74) is 2.35. The molecule has 1 N–H and O–H groups in total. The van der Waals surface area contributed by atoms with Crippen molar-refractivity contribution in [3.63, 3.8) is 0 Å². The lowest BCUT2D eigenvalue weighted by Crippen LogP contribution is -2.43. The van der Waals surface area contributed by atoms with E-state index in [9.17, 15) is 0 Å². The van der Waals surface area contributed by atoms with Crippen LogP contribution in [0.3, 0.4) is 0 Å². The number of nitrogens with zero attached hydrogens (tertiary/aromatic N) is 2. The number of rotatable bonds is 6. The smallest absolute Gasteiger partial charge is 0.0645 e. The van der Waals surface area contributed by atoms with Crippen molar-refractivity contribution in [1.29, 1.82) is 0 Å². The molecule has 0 unspecified atom stereocenters. The first-order valence-corrected chi connectivity index (χ1v) is 8.39. The van der Waals surface area contributed by atoms with Gasteiger partial charge in [-0.05, 0) is 31.2 Å². The van der Waals surface area contributed by atoms with E-state index < -0.39 is 0 Å². The molecule has 106 valence electrons. The Labute approximate surface area is 124 Å². The average Bonchev–Trinajstić information content (AvgIpc) is 2.92. The Morgan fingerprint density at radius 3 is 2.75 bits per heavy atom. The van der Waals surface area contributed by atoms with Crippen LogP contribution in [0, 0.1) is 0 Å². The van der Waals surface area contributed by atoms with Gasteiger partial charge in [-0.2, -0.15) is 16.9 Å². The minimum absolute atomic E-state index is 0.495. The first kappa shape index (κ1) is 13.7. The zero-order chi connectivity index (χ0) is 13.8. The van der Waals surface area contributed by atoms with Crippen LogP contribution < -0.4 is 5.32 Å². The molecule has 0 bridgehead atoms. The molecule has 0 aliphatic heterocycles. The van der Waals surface area contributed by atoms with Gasteiger partial charge in [0.1, 0.15) is 0 Å². The summed E-state index contributed by atoms with van der Waals surface area (Å²) in [6.07, 6.45) is 10.4. The second kappa shape index (κ2) is 6.02. The first-order valence-electron chi connectivity index (χ1n) is 7.16. The van der Waals surface area contributed by atoms with E-state index in [1.54, 1.807) is 0 Å². The monoisotopic (exact) mass is 287 g/mol. The standard InChI is InChI=1S/C16H21N3S/c1-20-16(8-5-9-16)13-17-10-14-11-18-19(12-14)15-6-3-2-4-7-15/h2-4,6-7,11-12,17H,5,8-10,13H2,1H3. The largest absolute Gasteiger partial charge is 0.311 e. The molecule has 0 radical (unpaired) electrons. The third-order valence-electron chi connectivity index (χ3n) is 4.13. The van der Waals surface area contributed by atoms with E-state index in [2.05, 4.69) is 35.0 Å². The number of thioether (sulfide) groups is 1. The summed E-state index contributed by atoms with van der Waals surface area (Å²) in [4.78, 5) is 0. The molecule has 4 heteroatoms. The van der Waals surface area contributed by atoms with Crippen LogP contribution >= 0.6 is 11.8 Å². The summed E-state index contributed by atoms with van der Waals surface area (Å²) in [7, 11) is 0. The molecule has 0 spiro atoms. The second-order valence-corrected chi connectivity index (χ2v) is 6.75. The molecule has 0 atom stereocenters. The van der Waals surface area contributed by atoms with Crippen molar-refractivity contribution >= 4 is 11.8 Å². The van der Waals surface area contributed by atoms with Crippen molar-refractivity contribution in [3.8, 4) is 5.69 Å². The van der Waals surface area contributed by atoms with Gasteiger partial charge < -0.3 is 5.32 Å². The Balaban J connectivity index is 1.55. The van der Waals surface area contributed by atoms with Crippen molar-refractivity contribution in [2.45, 2.75) is 30.6 Å². The highest BCUT2D eigenvalue weighted by molar-refractivity contribution is 8.00. The van der Waals surface area contributed by atoms with Crippen LogP contribution in [0.1, 0.15) is 24.8 Å². The lowest BCUT2D eigenvalue weighted by molar-refractivity contribution is 0.345. The molecule has 1 heterocycles. The molecule has 1 aromatic heterocycles. The fourth-order valence-corrected chi connectivity index (χ4v) is 3.58. The van der Waals surface area contributed by atoms with Crippen LogP contribution in [0.4, 0.5) is 0 Å². The molecule has 3 nitrogen and oxygen atoms in total. The van der Waals surface area contributed by atoms with Gasteiger partial charge in [-0.25, -0.2) is 4.68 Å². The van der Waals surface area contributed by atoms with Gasteiger partial charge in [0.2, 0.25) is 0 Å². The van der Waals surface area contributed by atoms with Crippen LogP contribution in [0.15, 0.2) is 42.7 Å². The van der Waals surface area contributed by atoms with Crippen molar-refractivity contribution in [2.75, 3.05) is 12.8 Å². The van der Waals surface area contributed by atoms with E-state index in [0.29, 0.717) is 4.75 Å². The van der Waals surface area contributed by atoms with Gasteiger partial charge in [-0.3, -0.25) is 0 Å². The number of nitrogens with one attached hydrogen (secondary N) is 1. The minimum Gasteiger partial charge on any atom is -0.311 e. The highest BCUT2D eigenvalue weighted by atomic mass is 32.2. The number of hydrogen-bond donors (Lipinski definition) is 1. The van der Waals surface area contributed by atoms with Crippen LogP contribution in [-0.2, 0) is 6.54 Å². The molecule has 1 fully saturated rings. The average molecular weight is 287 g/mol. The van der Waals surface area contributed by atoms with Gasteiger partial charge in [0, 0.05) is 29.6 Å². The highest BCUT2D eigenvalue weighted by Gasteiger charge is 2.35. The third kappa shape index (κ3) is 2.91. The summed E-state index contributed by atoms with van der Waals surface area (Å²) in [5, 5.41) is 8.01. The van der Waals surface area contributed by atoms with E-state index >= 15 is 0 Å². The van der Waals surface area contributed by atoms with Crippen LogP contribution in [0.2, 0.25) is 0 Å². The Bertz CT molecular complexity index is 540. The zero-order valence-electron chi connectivity index (χ0n) is 11.9. The number of para-hydroxylation sites is 1. The molecule has 1 saturated carbocycles. The molecule has 3 rings (SSSR count). The maximum atomic E-state index is 4.43. The number of benzene rings is 1. The molecule has 1 aromatic carbocycles. The lowest BCUT2D eigenvalue weighted by Gasteiger charge is -2.40. The van der Waals surface area contributed by atoms with E-state index in [1.165, 1.54) is 24.8 Å². The lowest BCUT2D eigenvalue weighted by atomic mass is 9.84. The Morgan fingerprint density at radius 1 is 1.30 bits per heavy atom. The summed E-state index contributed by atoms with van der Waals surface area (Å²) in [6, 6.07) is 10.2. The maximum absolute atomic E-state index is 4.43. The number of aromatic nitrogens is 2. The van der Waals surface area contributed by atoms with Crippen molar-refractivity contribution in [3.05, 3.63) is 48.3 Å². The fraction of sp³-hybridized carbons (Fsp3) is 0.438. The molecule has 0 amide bonds. The van der Waals surface area contributed by atoms with Crippen LogP contribution in [-0.4, -0.2) is 27.3 Å². The van der Waals surface area contributed by atoms with E-state index in [4.69, 9.17) is 0 Å². The second-order valence-electron chi connectivity index (χ2n) is 5.47. The summed E-state index contributed by atoms with van der Waals surface area (Å²) >= 11 is 2.01. The Morgan fingerprint density at radius 2 is 2.10 bits per heavy atom. The fourth-order valence-electron chi connectivity index (χ4n) is 2.63. The predicted molar refractivity (Wildman–Crippen MR) is 85.4 cm³/mol. The summed E-state index contributed by atoms with van der Waals surface area (Å²) in [5.74, 6) is 0. The molecule has 2 aromatic rings. The third-order valence-corrected chi connectivity index (χ3v) is 5.55. The summed E-state index contributed by atoms with van der Waals surface area (Å²) < 4.78 is 2.43. The zero-order valence-corrected chi connectivity index (χ0v) is 12.7. The van der Waals surface area contributed by atoms with E-state index in [-0.39, 0.29) is 0 Å². The highest BCUT2D eigenvalue weighted by Crippen LogP contribution is 2.42. The minimum atomic E-state index is 0.495. The molecule has 1 aliphatic rings. The predicted octanol–water partition coefficient (Wildman–Crippen LogP) is 3.25. The first-order chi connectivity index (χ1) is 9.81. The van der Waals surface area contributed by atoms with Gasteiger partial charge in [0.25, 0.3) is 0 Å². The SMILES string of the molecule is CSC1(CNCc2cnn(-c3ccccc3)c2)CCC1. The van der Waals surface area contributed by atoms with Gasteiger partial charge in [-0.15, -0.1) is 0 Å². The Hall–Kier alpha value is -1.26. The molecular weight excluding hydrogens is 266 g/mol. The molecule has 20 heavy (non-hydrogen) atoms. The molecule has 0 saturated heterocycles.